The zero-order valence-electron chi connectivity index (χ0n) is 17.5. The fourth-order valence-electron chi connectivity index (χ4n) is 2.89. The van der Waals surface area contributed by atoms with Crippen molar-refractivity contribution < 1.29 is 5.48 Å². The van der Waals surface area contributed by atoms with Crippen LogP contribution in [0.4, 0.5) is 22.7 Å². The van der Waals surface area contributed by atoms with Crippen LogP contribution in [0, 0.1) is 13.8 Å². The summed E-state index contributed by atoms with van der Waals surface area (Å²) in [6, 6.07) is 12.5. The average molecular weight is 490 g/mol. The van der Waals surface area contributed by atoms with Gasteiger partial charge in [-0.2, -0.15) is 0 Å². The van der Waals surface area contributed by atoms with Gasteiger partial charge in [-0.05, 0) is 75.2 Å². The molecule has 0 aliphatic heterocycles. The van der Waals surface area contributed by atoms with E-state index in [1.807, 2.05) is 12.1 Å². The lowest BCUT2D eigenvalue weighted by Crippen LogP contribution is -2.35. The maximum Gasteiger partial charge on any atom is 0.0370 e. The van der Waals surface area contributed by atoms with E-state index in [9.17, 15) is 0 Å². The summed E-state index contributed by atoms with van der Waals surface area (Å²) in [4.78, 5) is 4.78. The molecule has 0 aliphatic carbocycles. The number of benzene rings is 2. The molecule has 6 N–H and O–H groups in total. The van der Waals surface area contributed by atoms with Crippen LogP contribution in [0.15, 0.2) is 36.4 Å². The van der Waals surface area contributed by atoms with Crippen molar-refractivity contribution in [1.82, 2.24) is 0 Å². The lowest BCUT2D eigenvalue weighted by Gasteiger charge is -2.29. The number of hydrogen-bond donors (Lipinski definition) is 2. The number of nitrogen functional groups attached to an aromatic ring is 2. The third-order valence-electron chi connectivity index (χ3n) is 4.64. The first kappa shape index (κ1) is 35.2. The van der Waals surface area contributed by atoms with Crippen molar-refractivity contribution in [1.29, 1.82) is 0 Å². The normalized spacial score (nSPS) is 8.83. The highest BCUT2D eigenvalue weighted by molar-refractivity contribution is 5.86. The van der Waals surface area contributed by atoms with Crippen LogP contribution < -0.4 is 21.3 Å². The van der Waals surface area contributed by atoms with Gasteiger partial charge in [0.1, 0.15) is 0 Å². The van der Waals surface area contributed by atoms with Crippen LogP contribution in [-0.4, -0.2) is 31.7 Å². The minimum absolute atomic E-state index is 0. The molecule has 29 heavy (non-hydrogen) atoms. The number of anilines is 4. The topological polar surface area (TPSA) is 90.0 Å². The highest BCUT2D eigenvalue weighted by Crippen LogP contribution is 2.22. The molecule has 170 valence electrons. The molecule has 0 radical (unpaired) electrons. The van der Waals surface area contributed by atoms with Crippen molar-refractivity contribution in [2.24, 2.45) is 0 Å². The van der Waals surface area contributed by atoms with E-state index in [1.165, 1.54) is 11.4 Å². The highest BCUT2D eigenvalue weighted by Gasteiger charge is 2.10. The Balaban J connectivity index is -0.000000625. The van der Waals surface area contributed by atoms with E-state index >= 15 is 0 Å². The fraction of sp³-hybridized carbons (Fsp3) is 0.400. The summed E-state index contributed by atoms with van der Waals surface area (Å²) in [5.41, 5.74) is 18.3. The number of nitrogens with two attached hydrogens (primary N) is 2. The molecule has 0 aromatic heterocycles. The maximum atomic E-state index is 5.94. The zero-order chi connectivity index (χ0) is 17.7. The van der Waals surface area contributed by atoms with Gasteiger partial charge in [-0.25, -0.2) is 0 Å². The summed E-state index contributed by atoms with van der Waals surface area (Å²) in [5, 5.41) is 0. The van der Waals surface area contributed by atoms with E-state index in [0.29, 0.717) is 0 Å². The molecule has 0 atom stereocenters. The number of rotatable bonds is 7. The van der Waals surface area contributed by atoms with Gasteiger partial charge in [-0.3, -0.25) is 0 Å². The minimum atomic E-state index is 0. The Morgan fingerprint density at radius 3 is 1.21 bits per heavy atom. The SMILES string of the molecule is CCN(CCN(CC)c1ccc(N)c(C)c1)c1ccc(N)c(C)c1.Cl.Cl.Cl.Cl.O. The molecule has 5 nitrogen and oxygen atoms in total. The van der Waals surface area contributed by atoms with E-state index < -0.39 is 0 Å². The molecule has 2 rings (SSSR count). The third-order valence-corrected chi connectivity index (χ3v) is 4.64. The van der Waals surface area contributed by atoms with Gasteiger partial charge < -0.3 is 26.7 Å². The molecule has 0 saturated carbocycles. The Kier molecular flexibility index (Phi) is 20.1. The molecule has 0 unspecified atom stereocenters. The smallest absolute Gasteiger partial charge is 0.0370 e. The summed E-state index contributed by atoms with van der Waals surface area (Å²) in [6.45, 7) is 12.4. The number of hydrogen-bond acceptors (Lipinski definition) is 4. The zero-order valence-corrected chi connectivity index (χ0v) is 20.7. The van der Waals surface area contributed by atoms with Crippen molar-refractivity contribution in [2.75, 3.05) is 47.4 Å². The molecule has 0 bridgehead atoms. The summed E-state index contributed by atoms with van der Waals surface area (Å²) >= 11 is 0. The van der Waals surface area contributed by atoms with Crippen LogP contribution in [0.25, 0.3) is 0 Å². The van der Waals surface area contributed by atoms with Gasteiger partial charge in [0.2, 0.25) is 0 Å². The van der Waals surface area contributed by atoms with Gasteiger partial charge in [0.05, 0.1) is 0 Å². The van der Waals surface area contributed by atoms with Crippen molar-refractivity contribution >= 4 is 72.4 Å². The van der Waals surface area contributed by atoms with E-state index in [1.54, 1.807) is 0 Å². The lowest BCUT2D eigenvalue weighted by molar-refractivity contribution is 0.754. The third kappa shape index (κ3) is 9.41. The van der Waals surface area contributed by atoms with Crippen LogP contribution in [0.5, 0.6) is 0 Å². The molecular formula is C20H36Cl4N4O. The summed E-state index contributed by atoms with van der Waals surface area (Å²) in [5.74, 6) is 0. The van der Waals surface area contributed by atoms with Crippen LogP contribution in [0.2, 0.25) is 0 Å². The van der Waals surface area contributed by atoms with Crippen molar-refractivity contribution in [2.45, 2.75) is 27.7 Å². The molecule has 0 saturated heterocycles. The number of aryl methyl sites for hydroxylation is 2. The largest absolute Gasteiger partial charge is 0.412 e. The molecule has 2 aromatic rings. The van der Waals surface area contributed by atoms with Crippen molar-refractivity contribution in [3.05, 3.63) is 47.5 Å². The van der Waals surface area contributed by atoms with E-state index in [2.05, 4.69) is 61.8 Å². The first-order chi connectivity index (χ1) is 11.5. The second-order valence-electron chi connectivity index (χ2n) is 6.24. The van der Waals surface area contributed by atoms with Crippen LogP contribution in [0.1, 0.15) is 25.0 Å². The predicted octanol–water partition coefficient (Wildman–Crippen LogP) is 4.68. The molecule has 0 aliphatic rings. The Morgan fingerprint density at radius 1 is 0.655 bits per heavy atom. The molecule has 0 amide bonds. The molecule has 9 heteroatoms. The van der Waals surface area contributed by atoms with Gasteiger partial charge >= 0.3 is 0 Å². The predicted molar refractivity (Wildman–Crippen MR) is 140 cm³/mol. The number of likely N-dealkylation sites (N-methyl/N-ethyl adjacent to an activating group) is 2. The van der Waals surface area contributed by atoms with Gasteiger partial charge in [0, 0.05) is 48.9 Å². The second kappa shape index (κ2) is 16.5. The lowest BCUT2D eigenvalue weighted by atomic mass is 10.1. The van der Waals surface area contributed by atoms with Crippen LogP contribution in [0.3, 0.4) is 0 Å². The number of nitrogens with zero attached hydrogens (tertiary/aromatic N) is 2. The van der Waals surface area contributed by atoms with Crippen LogP contribution >= 0.6 is 49.6 Å². The van der Waals surface area contributed by atoms with E-state index in [-0.39, 0.29) is 55.1 Å². The Hall–Kier alpha value is -1.24. The summed E-state index contributed by atoms with van der Waals surface area (Å²) in [6.07, 6.45) is 0. The second-order valence-corrected chi connectivity index (χ2v) is 6.24. The standard InChI is InChI=1S/C20H30N4.4ClH.H2O/c1-5-23(17-7-9-19(21)15(3)13-17)11-12-24(6-2)18-8-10-20(22)16(4)14-18;;;;;/h7-10,13-14H,5-6,11-12,21-22H2,1-4H3;4*1H;1H2. The fourth-order valence-corrected chi connectivity index (χ4v) is 2.89. The molecule has 0 fully saturated rings. The summed E-state index contributed by atoms with van der Waals surface area (Å²) in [7, 11) is 0. The summed E-state index contributed by atoms with van der Waals surface area (Å²) < 4.78 is 0. The Labute approximate surface area is 200 Å². The van der Waals surface area contributed by atoms with Gasteiger partial charge in [0.25, 0.3) is 0 Å². The first-order valence-corrected chi connectivity index (χ1v) is 8.68. The highest BCUT2D eigenvalue weighted by atomic mass is 35.5. The first-order valence-electron chi connectivity index (χ1n) is 8.68. The molecule has 0 spiro atoms. The van der Waals surface area contributed by atoms with E-state index in [4.69, 9.17) is 11.5 Å². The maximum absolute atomic E-state index is 5.94. The van der Waals surface area contributed by atoms with E-state index in [0.717, 1.165) is 48.7 Å². The van der Waals surface area contributed by atoms with Gasteiger partial charge in [-0.1, -0.05) is 0 Å². The monoisotopic (exact) mass is 488 g/mol. The molecule has 0 heterocycles. The van der Waals surface area contributed by atoms with Crippen molar-refractivity contribution in [3.63, 3.8) is 0 Å². The minimum Gasteiger partial charge on any atom is -0.412 e. The van der Waals surface area contributed by atoms with Crippen molar-refractivity contribution in [3.8, 4) is 0 Å². The quantitative estimate of drug-likeness (QED) is 0.552. The molecule has 2 aromatic carbocycles. The Morgan fingerprint density at radius 2 is 0.966 bits per heavy atom. The van der Waals surface area contributed by atoms with Gasteiger partial charge in [0.15, 0.2) is 0 Å². The number of halogens is 4. The average Bonchev–Trinajstić information content (AvgIpc) is 2.57. The van der Waals surface area contributed by atoms with Crippen LogP contribution in [-0.2, 0) is 0 Å². The van der Waals surface area contributed by atoms with Gasteiger partial charge in [-0.15, -0.1) is 49.6 Å². The Bertz CT molecular complexity index is 645. The molecular weight excluding hydrogens is 454 g/mol.